The van der Waals surface area contributed by atoms with Crippen LogP contribution in [0.3, 0.4) is 0 Å². The van der Waals surface area contributed by atoms with Crippen molar-refractivity contribution in [3.05, 3.63) is 0 Å². The lowest BCUT2D eigenvalue weighted by atomic mass is 10.8. The van der Waals surface area contributed by atoms with Crippen LogP contribution in [0.5, 0.6) is 0 Å². The summed E-state index contributed by atoms with van der Waals surface area (Å²) in [5.74, 6) is 0. The van der Waals surface area contributed by atoms with Crippen LogP contribution in [0.1, 0.15) is 0 Å². The number of hydrogen-bond acceptors (Lipinski definition) is 7. The lowest BCUT2D eigenvalue weighted by molar-refractivity contribution is 0.0992. The van der Waals surface area contributed by atoms with Crippen molar-refractivity contribution in [2.45, 2.75) is 11.7 Å². The molecule has 0 aliphatic rings. The van der Waals surface area contributed by atoms with E-state index in [2.05, 4.69) is 0 Å². The zero-order valence-corrected chi connectivity index (χ0v) is 13.3. The molecule has 0 radical (unpaired) electrons. The molecule has 2 N–H and O–H groups in total. The van der Waals surface area contributed by atoms with E-state index in [1.54, 1.807) is 0 Å². The van der Waals surface area contributed by atoms with Crippen molar-refractivity contribution in [3.8, 4) is 0 Å². The van der Waals surface area contributed by atoms with Crippen molar-refractivity contribution in [2.24, 2.45) is 5.73 Å². The SMILES string of the molecule is CO[Si](CC(N)[Si](OC)(OC)OC)(OC)OC. The van der Waals surface area contributed by atoms with Gasteiger partial charge in [-0.15, -0.1) is 0 Å². The summed E-state index contributed by atoms with van der Waals surface area (Å²) in [7, 11) is 3.44. The second-order valence-electron chi connectivity index (χ2n) is 3.32. The first-order valence-corrected chi connectivity index (χ1v) is 8.79. The molecule has 0 heterocycles. The van der Waals surface area contributed by atoms with Crippen molar-refractivity contribution in [3.63, 3.8) is 0 Å². The van der Waals surface area contributed by atoms with Crippen LogP contribution < -0.4 is 5.73 Å². The van der Waals surface area contributed by atoms with E-state index in [1.165, 1.54) is 42.7 Å². The minimum absolute atomic E-state index is 0.359. The van der Waals surface area contributed by atoms with Crippen LogP contribution in [-0.4, -0.2) is 65.9 Å². The van der Waals surface area contributed by atoms with Gasteiger partial charge in [-0.05, 0) is 0 Å². The quantitative estimate of drug-likeness (QED) is 0.578. The van der Waals surface area contributed by atoms with Crippen LogP contribution in [0.4, 0.5) is 0 Å². The van der Waals surface area contributed by atoms with Crippen molar-refractivity contribution >= 4 is 17.6 Å². The topological polar surface area (TPSA) is 81.4 Å². The van der Waals surface area contributed by atoms with Crippen LogP contribution in [0, 0.1) is 0 Å². The zero-order valence-electron chi connectivity index (χ0n) is 11.3. The largest absolute Gasteiger partial charge is 0.517 e. The Morgan fingerprint density at radius 3 is 1.35 bits per heavy atom. The Kier molecular flexibility index (Phi) is 7.63. The van der Waals surface area contributed by atoms with Gasteiger partial charge in [0.1, 0.15) is 0 Å². The predicted molar refractivity (Wildman–Crippen MR) is 66.3 cm³/mol. The highest BCUT2D eigenvalue weighted by atomic mass is 28.4. The van der Waals surface area contributed by atoms with Crippen molar-refractivity contribution in [2.75, 3.05) is 42.7 Å². The fraction of sp³-hybridized carbons (Fsp3) is 1.00. The molecule has 0 aliphatic carbocycles. The van der Waals surface area contributed by atoms with E-state index in [4.69, 9.17) is 32.3 Å². The Bertz CT molecular complexity index is 196. The molecule has 0 fully saturated rings. The highest BCUT2D eigenvalue weighted by Crippen LogP contribution is 2.21. The first kappa shape index (κ1) is 17.2. The highest BCUT2D eigenvalue weighted by molar-refractivity contribution is 6.67. The Labute approximate surface area is 105 Å². The van der Waals surface area contributed by atoms with Crippen molar-refractivity contribution in [1.82, 2.24) is 0 Å². The summed E-state index contributed by atoms with van der Waals surface area (Å²) in [5.41, 5.74) is 5.60. The van der Waals surface area contributed by atoms with E-state index in [0.717, 1.165) is 0 Å². The predicted octanol–water partition coefficient (Wildman–Crippen LogP) is -0.391. The third-order valence-electron chi connectivity index (χ3n) is 2.71. The molecule has 9 heteroatoms. The fourth-order valence-electron chi connectivity index (χ4n) is 1.60. The molecule has 0 aliphatic heterocycles. The van der Waals surface area contributed by atoms with Gasteiger partial charge in [0.05, 0.1) is 5.67 Å². The Balaban J connectivity index is 4.85. The van der Waals surface area contributed by atoms with Gasteiger partial charge in [-0.3, -0.25) is 0 Å². The monoisotopic (exact) mass is 285 g/mol. The fourth-order valence-corrected chi connectivity index (χ4v) is 6.30. The molecule has 0 rings (SSSR count). The number of rotatable bonds is 9. The average molecular weight is 285 g/mol. The summed E-state index contributed by atoms with van der Waals surface area (Å²) in [6, 6.07) is 0.359. The summed E-state index contributed by atoms with van der Waals surface area (Å²) in [6.07, 6.45) is 0. The maximum atomic E-state index is 6.08. The van der Waals surface area contributed by atoms with E-state index >= 15 is 0 Å². The van der Waals surface area contributed by atoms with Gasteiger partial charge in [-0.2, -0.15) is 0 Å². The molecule has 104 valence electrons. The molecule has 0 amide bonds. The van der Waals surface area contributed by atoms with Gasteiger partial charge in [0.25, 0.3) is 0 Å². The van der Waals surface area contributed by atoms with Crippen molar-refractivity contribution < 1.29 is 26.6 Å². The molecule has 1 atom stereocenters. The molecule has 0 spiro atoms. The Hall–Kier alpha value is 0.154. The summed E-state index contributed by atoms with van der Waals surface area (Å²) in [4.78, 5) is 0. The summed E-state index contributed by atoms with van der Waals surface area (Å²) >= 11 is 0. The lowest BCUT2D eigenvalue weighted by Gasteiger charge is -2.33. The maximum absolute atomic E-state index is 6.08. The third kappa shape index (κ3) is 3.81. The third-order valence-corrected chi connectivity index (χ3v) is 8.74. The van der Waals surface area contributed by atoms with Crippen LogP contribution >= 0.6 is 0 Å². The summed E-state index contributed by atoms with van der Waals surface area (Å²) in [6.45, 7) is 0. The molecule has 1 unspecified atom stereocenters. The van der Waals surface area contributed by atoms with Gasteiger partial charge in [0.15, 0.2) is 0 Å². The molecule has 0 saturated carbocycles. The van der Waals surface area contributed by atoms with Crippen LogP contribution in [0.2, 0.25) is 6.04 Å². The molecular weight excluding hydrogens is 262 g/mol. The second-order valence-corrected chi connectivity index (χ2v) is 9.49. The van der Waals surface area contributed by atoms with E-state index < -0.39 is 23.3 Å². The van der Waals surface area contributed by atoms with E-state index in [1.807, 2.05) is 0 Å². The smallest absolute Gasteiger partial charge is 0.377 e. The maximum Gasteiger partial charge on any atom is 0.517 e. The van der Waals surface area contributed by atoms with Crippen LogP contribution in [0.25, 0.3) is 0 Å². The molecule has 17 heavy (non-hydrogen) atoms. The number of hydrogen-bond donors (Lipinski definition) is 1. The Morgan fingerprint density at radius 2 is 1.12 bits per heavy atom. The molecule has 0 aromatic rings. The zero-order chi connectivity index (χ0) is 13.5. The lowest BCUT2D eigenvalue weighted by Crippen LogP contribution is -2.62. The van der Waals surface area contributed by atoms with Crippen LogP contribution in [-0.2, 0) is 26.6 Å². The Morgan fingerprint density at radius 1 is 0.765 bits per heavy atom. The average Bonchev–Trinajstić information content (AvgIpc) is 2.39. The van der Waals surface area contributed by atoms with E-state index in [0.29, 0.717) is 6.04 Å². The standard InChI is InChI=1S/C8H23NO6Si2/c1-10-16(11-2,12-3)7-8(9)17(13-4,14-5)15-6/h8H,7,9H2,1-6H3. The normalized spacial score (nSPS) is 15.0. The van der Waals surface area contributed by atoms with E-state index in [-0.39, 0.29) is 0 Å². The van der Waals surface area contributed by atoms with Gasteiger partial charge >= 0.3 is 17.6 Å². The van der Waals surface area contributed by atoms with E-state index in [9.17, 15) is 0 Å². The molecule has 0 bridgehead atoms. The molecule has 7 nitrogen and oxygen atoms in total. The molecular formula is C8H23NO6Si2. The van der Waals surface area contributed by atoms with Crippen molar-refractivity contribution in [1.29, 1.82) is 0 Å². The van der Waals surface area contributed by atoms with Gasteiger partial charge in [-0.25, -0.2) is 0 Å². The first-order valence-electron chi connectivity index (χ1n) is 5.06. The van der Waals surface area contributed by atoms with Gasteiger partial charge in [0, 0.05) is 48.7 Å². The molecule has 0 aromatic heterocycles. The van der Waals surface area contributed by atoms with Crippen LogP contribution in [0.15, 0.2) is 0 Å². The van der Waals surface area contributed by atoms with Gasteiger partial charge in [-0.1, -0.05) is 0 Å². The summed E-state index contributed by atoms with van der Waals surface area (Å²) < 4.78 is 31.8. The number of nitrogens with two attached hydrogens (primary N) is 1. The second kappa shape index (κ2) is 7.56. The minimum Gasteiger partial charge on any atom is -0.377 e. The minimum atomic E-state index is -2.91. The highest BCUT2D eigenvalue weighted by Gasteiger charge is 2.52. The summed E-state index contributed by atoms with van der Waals surface area (Å²) in [5, 5.41) is 0. The van der Waals surface area contributed by atoms with Gasteiger partial charge < -0.3 is 32.3 Å². The first-order chi connectivity index (χ1) is 7.99. The van der Waals surface area contributed by atoms with Gasteiger partial charge in [0.2, 0.25) is 0 Å². The molecule has 0 aromatic carbocycles. The molecule has 0 saturated heterocycles.